The van der Waals surface area contributed by atoms with Crippen molar-refractivity contribution >= 4 is 11.6 Å². The standard InChI is InChI=1S/C16H23F2N3O/c1-9-13(14(15(17)18)21-20-9)19-16(22)12-7-6-10-4-2-3-5-11(10)8-12/h10-12,15H,2-8H2,1H3,(H,19,22)(H,20,21). The lowest BCUT2D eigenvalue weighted by molar-refractivity contribution is -0.122. The molecule has 0 bridgehead atoms. The van der Waals surface area contributed by atoms with E-state index in [0.29, 0.717) is 11.6 Å². The molecule has 3 atom stereocenters. The van der Waals surface area contributed by atoms with Crippen LogP contribution in [0.25, 0.3) is 0 Å². The van der Waals surface area contributed by atoms with Crippen molar-refractivity contribution in [1.82, 2.24) is 10.2 Å². The van der Waals surface area contributed by atoms with Gasteiger partial charge in [0.15, 0.2) is 5.69 Å². The van der Waals surface area contributed by atoms with E-state index in [9.17, 15) is 13.6 Å². The molecule has 2 aliphatic rings. The summed E-state index contributed by atoms with van der Waals surface area (Å²) in [6, 6.07) is 0. The number of nitrogens with zero attached hydrogens (tertiary/aromatic N) is 1. The van der Waals surface area contributed by atoms with Crippen LogP contribution in [0.15, 0.2) is 0 Å². The molecule has 1 amide bonds. The zero-order valence-electron chi connectivity index (χ0n) is 12.9. The number of hydrogen-bond acceptors (Lipinski definition) is 2. The summed E-state index contributed by atoms with van der Waals surface area (Å²) in [4.78, 5) is 12.5. The number of carbonyl (C=O) groups is 1. The number of rotatable bonds is 3. The molecule has 1 aromatic rings. The fourth-order valence-electron chi connectivity index (χ4n) is 4.10. The average Bonchev–Trinajstić information content (AvgIpc) is 2.88. The van der Waals surface area contributed by atoms with Crippen molar-refractivity contribution in [3.05, 3.63) is 11.4 Å². The van der Waals surface area contributed by atoms with Gasteiger partial charge in [-0.1, -0.05) is 25.7 Å². The minimum atomic E-state index is -2.69. The Hall–Kier alpha value is -1.46. The van der Waals surface area contributed by atoms with Gasteiger partial charge in [0.2, 0.25) is 5.91 Å². The van der Waals surface area contributed by atoms with Crippen molar-refractivity contribution in [3.8, 4) is 0 Å². The Morgan fingerprint density at radius 1 is 1.23 bits per heavy atom. The maximum atomic E-state index is 12.9. The molecule has 0 radical (unpaired) electrons. The van der Waals surface area contributed by atoms with Crippen LogP contribution in [0, 0.1) is 24.7 Å². The summed E-state index contributed by atoms with van der Waals surface area (Å²) < 4.78 is 25.8. The summed E-state index contributed by atoms with van der Waals surface area (Å²) >= 11 is 0. The lowest BCUT2D eigenvalue weighted by Crippen LogP contribution is -2.34. The van der Waals surface area contributed by atoms with E-state index in [1.165, 1.54) is 25.7 Å². The molecule has 0 saturated heterocycles. The van der Waals surface area contributed by atoms with Gasteiger partial charge in [-0.3, -0.25) is 9.89 Å². The maximum absolute atomic E-state index is 12.9. The molecule has 0 spiro atoms. The summed E-state index contributed by atoms with van der Waals surface area (Å²) in [5, 5.41) is 8.81. The predicted molar refractivity (Wildman–Crippen MR) is 79.7 cm³/mol. The van der Waals surface area contributed by atoms with Crippen LogP contribution in [0.5, 0.6) is 0 Å². The van der Waals surface area contributed by atoms with Gasteiger partial charge in [0.05, 0.1) is 11.4 Å². The van der Waals surface area contributed by atoms with Gasteiger partial charge < -0.3 is 5.32 Å². The number of fused-ring (bicyclic) bond motifs is 1. The lowest BCUT2D eigenvalue weighted by Gasteiger charge is -2.38. The van der Waals surface area contributed by atoms with Crippen LogP contribution in [0.3, 0.4) is 0 Å². The van der Waals surface area contributed by atoms with E-state index in [2.05, 4.69) is 15.5 Å². The van der Waals surface area contributed by atoms with Crippen molar-refractivity contribution in [1.29, 1.82) is 0 Å². The van der Waals surface area contributed by atoms with Gasteiger partial charge >= 0.3 is 0 Å². The number of amides is 1. The Balaban J connectivity index is 1.66. The zero-order valence-corrected chi connectivity index (χ0v) is 12.9. The van der Waals surface area contributed by atoms with Gasteiger partial charge in [0.1, 0.15) is 0 Å². The topological polar surface area (TPSA) is 57.8 Å². The van der Waals surface area contributed by atoms with E-state index >= 15 is 0 Å². The Morgan fingerprint density at radius 2 is 1.95 bits per heavy atom. The average molecular weight is 311 g/mol. The number of alkyl halides is 2. The van der Waals surface area contributed by atoms with Gasteiger partial charge in [-0.15, -0.1) is 0 Å². The lowest BCUT2D eigenvalue weighted by atomic mass is 9.67. The first-order chi connectivity index (χ1) is 10.6. The van der Waals surface area contributed by atoms with Crippen molar-refractivity contribution in [2.75, 3.05) is 5.32 Å². The van der Waals surface area contributed by atoms with Gasteiger partial charge in [0.25, 0.3) is 6.43 Å². The quantitative estimate of drug-likeness (QED) is 0.879. The second kappa shape index (κ2) is 6.34. The first-order valence-electron chi connectivity index (χ1n) is 8.20. The number of aromatic nitrogens is 2. The molecule has 0 aliphatic heterocycles. The Bertz CT molecular complexity index is 543. The monoisotopic (exact) mass is 311 g/mol. The van der Waals surface area contributed by atoms with E-state index < -0.39 is 6.43 Å². The second-order valence-corrected chi connectivity index (χ2v) is 6.71. The zero-order chi connectivity index (χ0) is 15.7. The van der Waals surface area contributed by atoms with Gasteiger partial charge in [-0.05, 0) is 38.0 Å². The predicted octanol–water partition coefficient (Wildman–Crippen LogP) is 4.20. The number of halogens is 2. The molecule has 1 aromatic heterocycles. The number of anilines is 1. The third-order valence-electron chi connectivity index (χ3n) is 5.34. The number of hydrogen-bond donors (Lipinski definition) is 2. The molecule has 2 N–H and O–H groups in total. The number of aryl methyl sites for hydroxylation is 1. The van der Waals surface area contributed by atoms with Crippen molar-refractivity contribution < 1.29 is 13.6 Å². The van der Waals surface area contributed by atoms with Crippen molar-refractivity contribution in [3.63, 3.8) is 0 Å². The molecule has 3 unspecified atom stereocenters. The van der Waals surface area contributed by atoms with Crippen LogP contribution in [0.1, 0.15) is 62.8 Å². The van der Waals surface area contributed by atoms with Crippen molar-refractivity contribution in [2.24, 2.45) is 17.8 Å². The van der Waals surface area contributed by atoms with E-state index in [0.717, 1.165) is 25.2 Å². The Labute approximate surface area is 129 Å². The van der Waals surface area contributed by atoms with E-state index in [1.807, 2.05) is 0 Å². The fourth-order valence-corrected chi connectivity index (χ4v) is 4.10. The highest BCUT2D eigenvalue weighted by Gasteiger charge is 2.35. The van der Waals surface area contributed by atoms with Crippen LogP contribution < -0.4 is 5.32 Å². The number of aromatic amines is 1. The Morgan fingerprint density at radius 3 is 2.68 bits per heavy atom. The molecule has 122 valence electrons. The number of nitrogens with one attached hydrogen (secondary N) is 2. The maximum Gasteiger partial charge on any atom is 0.284 e. The minimum Gasteiger partial charge on any atom is -0.323 e. The van der Waals surface area contributed by atoms with Gasteiger partial charge in [-0.25, -0.2) is 8.78 Å². The van der Waals surface area contributed by atoms with Crippen LogP contribution in [0.2, 0.25) is 0 Å². The summed E-state index contributed by atoms with van der Waals surface area (Å²) in [5.74, 6) is 1.22. The molecule has 3 rings (SSSR count). The van der Waals surface area contributed by atoms with Gasteiger partial charge in [0, 0.05) is 5.92 Å². The SMILES string of the molecule is Cc1[nH]nc(C(F)F)c1NC(=O)C1CCC2CCCCC2C1. The minimum absolute atomic E-state index is 0.0563. The number of H-pyrrole nitrogens is 1. The molecular weight excluding hydrogens is 288 g/mol. The second-order valence-electron chi connectivity index (χ2n) is 6.71. The van der Waals surface area contributed by atoms with Crippen LogP contribution in [0.4, 0.5) is 14.5 Å². The summed E-state index contributed by atoms with van der Waals surface area (Å²) in [6.07, 6.45) is 5.24. The number of carbonyl (C=O) groups excluding carboxylic acids is 1. The molecule has 2 aliphatic carbocycles. The van der Waals surface area contributed by atoms with Gasteiger partial charge in [-0.2, -0.15) is 5.10 Å². The van der Waals surface area contributed by atoms with Crippen LogP contribution >= 0.6 is 0 Å². The fraction of sp³-hybridized carbons (Fsp3) is 0.750. The first-order valence-corrected chi connectivity index (χ1v) is 8.20. The van der Waals surface area contributed by atoms with E-state index in [4.69, 9.17) is 0 Å². The van der Waals surface area contributed by atoms with E-state index in [-0.39, 0.29) is 23.2 Å². The summed E-state index contributed by atoms with van der Waals surface area (Å²) in [7, 11) is 0. The molecule has 4 nitrogen and oxygen atoms in total. The van der Waals surface area contributed by atoms with Crippen LogP contribution in [-0.4, -0.2) is 16.1 Å². The Kier molecular flexibility index (Phi) is 4.45. The van der Waals surface area contributed by atoms with Crippen molar-refractivity contribution in [2.45, 2.75) is 58.3 Å². The highest BCUT2D eigenvalue weighted by molar-refractivity contribution is 5.93. The molecule has 22 heavy (non-hydrogen) atoms. The molecule has 2 fully saturated rings. The molecular formula is C16H23F2N3O. The highest BCUT2D eigenvalue weighted by Crippen LogP contribution is 2.43. The molecule has 0 aromatic carbocycles. The van der Waals surface area contributed by atoms with Crippen LogP contribution in [-0.2, 0) is 4.79 Å². The molecule has 1 heterocycles. The largest absolute Gasteiger partial charge is 0.323 e. The third-order valence-corrected chi connectivity index (χ3v) is 5.34. The molecule has 2 saturated carbocycles. The van der Waals surface area contributed by atoms with E-state index in [1.54, 1.807) is 6.92 Å². The highest BCUT2D eigenvalue weighted by atomic mass is 19.3. The smallest absolute Gasteiger partial charge is 0.284 e. The molecule has 6 heteroatoms. The summed E-state index contributed by atoms with van der Waals surface area (Å²) in [6.45, 7) is 1.65. The normalized spacial score (nSPS) is 28.5. The third kappa shape index (κ3) is 3.01. The first kappa shape index (κ1) is 15.4. The summed E-state index contributed by atoms with van der Waals surface area (Å²) in [5.41, 5.74) is 0.276.